The summed E-state index contributed by atoms with van der Waals surface area (Å²) < 4.78 is 44.9. The second kappa shape index (κ2) is 6.72. The molecule has 0 unspecified atom stereocenters. The fraction of sp³-hybridized carbons (Fsp3) is 0.438. The second-order valence-electron chi connectivity index (χ2n) is 5.59. The molecule has 0 N–H and O–H groups in total. The predicted molar refractivity (Wildman–Crippen MR) is 82.5 cm³/mol. The van der Waals surface area contributed by atoms with Gasteiger partial charge >= 0.3 is 6.18 Å². The van der Waals surface area contributed by atoms with E-state index >= 15 is 0 Å². The van der Waals surface area contributed by atoms with Crippen LogP contribution in [-0.4, -0.2) is 41.3 Å². The molecule has 5 nitrogen and oxygen atoms in total. The van der Waals surface area contributed by atoms with Gasteiger partial charge in [0.1, 0.15) is 5.82 Å². The molecule has 0 bridgehead atoms. The minimum Gasteiger partial charge on any atom is -0.381 e. The SMILES string of the molecule is COC1CCN(c2cc(C(F)(F)F)nc(-c3ccncc3)n2)CC1. The molecule has 1 aliphatic rings. The van der Waals surface area contributed by atoms with Gasteiger partial charge < -0.3 is 9.64 Å². The summed E-state index contributed by atoms with van der Waals surface area (Å²) in [4.78, 5) is 13.7. The lowest BCUT2D eigenvalue weighted by molar-refractivity contribution is -0.141. The van der Waals surface area contributed by atoms with E-state index in [-0.39, 0.29) is 11.9 Å². The number of anilines is 1. The Morgan fingerprint density at radius 3 is 2.38 bits per heavy atom. The summed E-state index contributed by atoms with van der Waals surface area (Å²) >= 11 is 0. The molecule has 0 atom stereocenters. The van der Waals surface area contributed by atoms with Crippen LogP contribution >= 0.6 is 0 Å². The van der Waals surface area contributed by atoms with Gasteiger partial charge in [-0.25, -0.2) is 9.97 Å². The summed E-state index contributed by atoms with van der Waals surface area (Å²) in [6, 6.07) is 4.20. The van der Waals surface area contributed by atoms with Crippen molar-refractivity contribution in [2.24, 2.45) is 0 Å². The average molecular weight is 338 g/mol. The highest BCUT2D eigenvalue weighted by Gasteiger charge is 2.34. The number of methoxy groups -OCH3 is 1. The molecule has 2 aromatic heterocycles. The summed E-state index contributed by atoms with van der Waals surface area (Å²) in [6.07, 6.45) is 0.138. The molecular weight excluding hydrogens is 321 g/mol. The average Bonchev–Trinajstić information content (AvgIpc) is 2.61. The van der Waals surface area contributed by atoms with Gasteiger partial charge in [-0.3, -0.25) is 4.98 Å². The number of piperidine rings is 1. The molecule has 1 aliphatic heterocycles. The van der Waals surface area contributed by atoms with Gasteiger partial charge in [-0.15, -0.1) is 0 Å². The monoisotopic (exact) mass is 338 g/mol. The van der Waals surface area contributed by atoms with Crippen molar-refractivity contribution in [2.75, 3.05) is 25.1 Å². The van der Waals surface area contributed by atoms with Crippen LogP contribution in [0.25, 0.3) is 11.4 Å². The van der Waals surface area contributed by atoms with Crippen molar-refractivity contribution < 1.29 is 17.9 Å². The van der Waals surface area contributed by atoms with Crippen LogP contribution in [0, 0.1) is 0 Å². The summed E-state index contributed by atoms with van der Waals surface area (Å²) in [7, 11) is 1.65. The van der Waals surface area contributed by atoms with Crippen molar-refractivity contribution in [3.05, 3.63) is 36.3 Å². The van der Waals surface area contributed by atoms with Crippen molar-refractivity contribution in [1.82, 2.24) is 15.0 Å². The minimum atomic E-state index is -4.52. The molecule has 2 aromatic rings. The maximum atomic E-state index is 13.2. The van der Waals surface area contributed by atoms with Crippen molar-refractivity contribution in [3.63, 3.8) is 0 Å². The molecule has 3 rings (SSSR count). The second-order valence-corrected chi connectivity index (χ2v) is 5.59. The smallest absolute Gasteiger partial charge is 0.381 e. The van der Waals surface area contributed by atoms with Crippen LogP contribution in [0.3, 0.4) is 0 Å². The van der Waals surface area contributed by atoms with Crippen molar-refractivity contribution in [2.45, 2.75) is 25.1 Å². The first kappa shape index (κ1) is 16.6. The van der Waals surface area contributed by atoms with E-state index in [2.05, 4.69) is 15.0 Å². The van der Waals surface area contributed by atoms with E-state index in [1.165, 1.54) is 12.4 Å². The van der Waals surface area contributed by atoms with Gasteiger partial charge in [-0.1, -0.05) is 0 Å². The first-order chi connectivity index (χ1) is 11.5. The number of ether oxygens (including phenoxy) is 1. The zero-order valence-electron chi connectivity index (χ0n) is 13.1. The topological polar surface area (TPSA) is 51.1 Å². The van der Waals surface area contributed by atoms with E-state index in [0.717, 1.165) is 18.9 Å². The highest BCUT2D eigenvalue weighted by molar-refractivity contribution is 5.57. The number of nitrogens with zero attached hydrogens (tertiary/aromatic N) is 4. The van der Waals surface area contributed by atoms with Crippen LogP contribution in [0.1, 0.15) is 18.5 Å². The summed E-state index contributed by atoms with van der Waals surface area (Å²) in [5.74, 6) is 0.342. The number of hydrogen-bond donors (Lipinski definition) is 0. The van der Waals surface area contributed by atoms with Crippen LogP contribution in [0.2, 0.25) is 0 Å². The first-order valence-corrected chi connectivity index (χ1v) is 7.62. The maximum Gasteiger partial charge on any atom is 0.433 e. The molecule has 0 spiro atoms. The third-order valence-corrected chi connectivity index (χ3v) is 4.04. The largest absolute Gasteiger partial charge is 0.433 e. The Kier molecular flexibility index (Phi) is 4.66. The molecule has 0 amide bonds. The van der Waals surface area contributed by atoms with Crippen LogP contribution in [0.15, 0.2) is 30.6 Å². The zero-order chi connectivity index (χ0) is 17.2. The lowest BCUT2D eigenvalue weighted by atomic mass is 10.1. The highest BCUT2D eigenvalue weighted by atomic mass is 19.4. The number of halogens is 3. The number of alkyl halides is 3. The van der Waals surface area contributed by atoms with E-state index in [1.807, 2.05) is 4.90 Å². The van der Waals surface area contributed by atoms with Gasteiger partial charge in [0.05, 0.1) is 6.10 Å². The van der Waals surface area contributed by atoms with Crippen LogP contribution in [0.4, 0.5) is 19.0 Å². The quantitative estimate of drug-likeness (QED) is 0.860. The summed E-state index contributed by atoms with van der Waals surface area (Å²) in [5.41, 5.74) is -0.433. The molecule has 128 valence electrons. The Morgan fingerprint density at radius 2 is 1.79 bits per heavy atom. The number of hydrogen-bond acceptors (Lipinski definition) is 5. The summed E-state index contributed by atoms with van der Waals surface area (Å²) in [5, 5.41) is 0. The molecule has 8 heteroatoms. The standard InChI is InChI=1S/C16H17F3N4O/c1-24-12-4-8-23(9-5-12)14-10-13(16(17,18)19)21-15(22-14)11-2-6-20-7-3-11/h2-3,6-7,10,12H,4-5,8-9H2,1H3. The van der Waals surface area contributed by atoms with Gasteiger partial charge in [0.2, 0.25) is 0 Å². The Bertz CT molecular complexity index is 685. The van der Waals surface area contributed by atoms with Gasteiger partial charge in [0.15, 0.2) is 11.5 Å². The normalized spacial score (nSPS) is 16.4. The van der Waals surface area contributed by atoms with E-state index in [0.29, 0.717) is 24.5 Å². The molecule has 0 saturated carbocycles. The third-order valence-electron chi connectivity index (χ3n) is 4.04. The molecule has 0 aromatic carbocycles. The van der Waals surface area contributed by atoms with Crippen molar-refractivity contribution in [3.8, 4) is 11.4 Å². The predicted octanol–water partition coefficient (Wildman–Crippen LogP) is 3.17. The highest BCUT2D eigenvalue weighted by Crippen LogP contribution is 2.32. The molecule has 3 heterocycles. The molecule has 1 fully saturated rings. The lowest BCUT2D eigenvalue weighted by Gasteiger charge is -2.32. The van der Waals surface area contributed by atoms with E-state index in [9.17, 15) is 13.2 Å². The summed E-state index contributed by atoms with van der Waals surface area (Å²) in [6.45, 7) is 1.20. The molecule has 1 saturated heterocycles. The number of aromatic nitrogens is 3. The van der Waals surface area contributed by atoms with E-state index < -0.39 is 11.9 Å². The van der Waals surface area contributed by atoms with E-state index in [4.69, 9.17) is 4.74 Å². The Morgan fingerprint density at radius 1 is 1.12 bits per heavy atom. The molecule has 24 heavy (non-hydrogen) atoms. The fourth-order valence-electron chi connectivity index (χ4n) is 2.69. The first-order valence-electron chi connectivity index (χ1n) is 7.62. The van der Waals surface area contributed by atoms with Crippen molar-refractivity contribution in [1.29, 1.82) is 0 Å². The van der Waals surface area contributed by atoms with Gasteiger partial charge in [0.25, 0.3) is 0 Å². The number of pyridine rings is 1. The van der Waals surface area contributed by atoms with E-state index in [1.54, 1.807) is 19.2 Å². The van der Waals surface area contributed by atoms with Gasteiger partial charge in [0, 0.05) is 44.2 Å². The van der Waals surface area contributed by atoms with Crippen molar-refractivity contribution >= 4 is 5.82 Å². The third kappa shape index (κ3) is 3.64. The lowest BCUT2D eigenvalue weighted by Crippen LogP contribution is -2.37. The Hall–Kier alpha value is -2.22. The Labute approximate surface area is 137 Å². The molecule has 0 radical (unpaired) electrons. The molecule has 0 aliphatic carbocycles. The van der Waals surface area contributed by atoms with Gasteiger partial charge in [-0.2, -0.15) is 13.2 Å². The number of rotatable bonds is 3. The van der Waals surface area contributed by atoms with Gasteiger partial charge in [-0.05, 0) is 25.0 Å². The van der Waals surface area contributed by atoms with Crippen LogP contribution in [0.5, 0.6) is 0 Å². The zero-order valence-corrected chi connectivity index (χ0v) is 13.1. The van der Waals surface area contributed by atoms with Crippen LogP contribution < -0.4 is 4.90 Å². The minimum absolute atomic E-state index is 0.0519. The van der Waals surface area contributed by atoms with Crippen LogP contribution in [-0.2, 0) is 10.9 Å². The maximum absolute atomic E-state index is 13.2. The molecular formula is C16H17F3N4O. The Balaban J connectivity index is 1.97. The fourth-order valence-corrected chi connectivity index (χ4v) is 2.69.